The van der Waals surface area contributed by atoms with Crippen molar-refractivity contribution < 1.29 is 14.3 Å². The fourth-order valence-corrected chi connectivity index (χ4v) is 1.59. The lowest BCUT2D eigenvalue weighted by Crippen LogP contribution is -2.39. The topological polar surface area (TPSA) is 98.5 Å². The molecule has 1 aliphatic rings. The summed E-state index contributed by atoms with van der Waals surface area (Å²) >= 11 is 0. The van der Waals surface area contributed by atoms with Gasteiger partial charge in [-0.1, -0.05) is 6.07 Å². The lowest BCUT2D eigenvalue weighted by molar-refractivity contribution is -0.0855. The van der Waals surface area contributed by atoms with Crippen LogP contribution in [-0.4, -0.2) is 43.4 Å². The molecule has 2 rings (SSSR count). The van der Waals surface area contributed by atoms with E-state index in [2.05, 4.69) is 15.7 Å². The summed E-state index contributed by atoms with van der Waals surface area (Å²) in [6.45, 7) is 2.07. The van der Waals surface area contributed by atoms with Gasteiger partial charge in [0.15, 0.2) is 0 Å². The summed E-state index contributed by atoms with van der Waals surface area (Å²) in [5.74, 6) is 5.41. The van der Waals surface area contributed by atoms with Crippen LogP contribution in [0.4, 0.5) is 5.82 Å². The van der Waals surface area contributed by atoms with Gasteiger partial charge in [-0.25, -0.2) is 10.8 Å². The Bertz CT molecular complexity index is 407. The third-order valence-corrected chi connectivity index (χ3v) is 2.50. The monoisotopic (exact) mass is 252 g/mol. The van der Waals surface area contributed by atoms with Crippen molar-refractivity contribution in [3.63, 3.8) is 0 Å². The first kappa shape index (κ1) is 12.7. The van der Waals surface area contributed by atoms with Crippen molar-refractivity contribution in [3.8, 4) is 0 Å². The van der Waals surface area contributed by atoms with Gasteiger partial charge in [0, 0.05) is 6.54 Å². The number of nitrogen functional groups attached to an aromatic ring is 1. The molecule has 1 aromatic heterocycles. The smallest absolute Gasteiger partial charge is 0.270 e. The molecule has 0 saturated carbocycles. The molecule has 7 heteroatoms. The molecular weight excluding hydrogens is 236 g/mol. The van der Waals surface area contributed by atoms with Gasteiger partial charge in [-0.3, -0.25) is 4.79 Å². The minimum Gasteiger partial charge on any atom is -0.376 e. The van der Waals surface area contributed by atoms with E-state index < -0.39 is 0 Å². The SMILES string of the molecule is NNc1cccc(C(=O)NCC2COCCO2)n1. The molecule has 98 valence electrons. The Balaban J connectivity index is 1.86. The fraction of sp³-hybridized carbons (Fsp3) is 0.455. The quantitative estimate of drug-likeness (QED) is 0.494. The molecule has 1 amide bonds. The average Bonchev–Trinajstić information content (AvgIpc) is 2.46. The van der Waals surface area contributed by atoms with Crippen molar-refractivity contribution in [1.82, 2.24) is 10.3 Å². The summed E-state index contributed by atoms with van der Waals surface area (Å²) in [6.07, 6.45) is -0.0986. The molecular formula is C11H16N4O3. The number of carbonyl (C=O) groups is 1. The van der Waals surface area contributed by atoms with Crippen molar-refractivity contribution >= 4 is 11.7 Å². The number of anilines is 1. The Hall–Kier alpha value is -1.70. The Labute approximate surface area is 105 Å². The molecule has 1 atom stereocenters. The van der Waals surface area contributed by atoms with Crippen LogP contribution in [-0.2, 0) is 9.47 Å². The maximum Gasteiger partial charge on any atom is 0.270 e. The third kappa shape index (κ3) is 3.39. The third-order valence-electron chi connectivity index (χ3n) is 2.50. The highest BCUT2D eigenvalue weighted by Gasteiger charge is 2.16. The van der Waals surface area contributed by atoms with E-state index in [0.29, 0.717) is 37.9 Å². The van der Waals surface area contributed by atoms with Crippen LogP contribution in [0.1, 0.15) is 10.5 Å². The number of carbonyl (C=O) groups excluding carboxylic acids is 1. The number of hydrogen-bond acceptors (Lipinski definition) is 6. The largest absolute Gasteiger partial charge is 0.376 e. The Morgan fingerprint density at radius 2 is 2.39 bits per heavy atom. The predicted octanol–water partition coefficient (Wildman–Crippen LogP) is -0.488. The number of hydrogen-bond donors (Lipinski definition) is 3. The number of amides is 1. The van der Waals surface area contributed by atoms with Crippen LogP contribution < -0.4 is 16.6 Å². The highest BCUT2D eigenvalue weighted by Crippen LogP contribution is 2.04. The maximum absolute atomic E-state index is 11.8. The Kier molecular flexibility index (Phi) is 4.46. The van der Waals surface area contributed by atoms with E-state index in [9.17, 15) is 4.79 Å². The molecule has 0 spiro atoms. The van der Waals surface area contributed by atoms with Crippen LogP contribution in [0.2, 0.25) is 0 Å². The fourth-order valence-electron chi connectivity index (χ4n) is 1.59. The van der Waals surface area contributed by atoms with E-state index in [1.165, 1.54) is 0 Å². The van der Waals surface area contributed by atoms with E-state index in [-0.39, 0.29) is 12.0 Å². The Morgan fingerprint density at radius 3 is 3.11 bits per heavy atom. The maximum atomic E-state index is 11.8. The molecule has 0 radical (unpaired) electrons. The van der Waals surface area contributed by atoms with Crippen LogP contribution in [0, 0.1) is 0 Å². The Morgan fingerprint density at radius 1 is 1.50 bits per heavy atom. The molecule has 0 aliphatic carbocycles. The minimum atomic E-state index is -0.263. The van der Waals surface area contributed by atoms with Crippen molar-refractivity contribution in [2.24, 2.45) is 5.84 Å². The normalized spacial score (nSPS) is 19.3. The van der Waals surface area contributed by atoms with Crippen molar-refractivity contribution in [2.45, 2.75) is 6.10 Å². The lowest BCUT2D eigenvalue weighted by Gasteiger charge is -2.22. The number of aromatic nitrogens is 1. The molecule has 2 heterocycles. The van der Waals surface area contributed by atoms with Gasteiger partial charge >= 0.3 is 0 Å². The number of nitrogens with zero attached hydrogens (tertiary/aromatic N) is 1. The van der Waals surface area contributed by atoms with Gasteiger partial charge in [0.25, 0.3) is 5.91 Å². The molecule has 4 N–H and O–H groups in total. The minimum absolute atomic E-state index is 0.0986. The van der Waals surface area contributed by atoms with E-state index in [1.807, 2.05) is 0 Å². The van der Waals surface area contributed by atoms with E-state index in [0.717, 1.165) is 0 Å². The van der Waals surface area contributed by atoms with Gasteiger partial charge in [-0.05, 0) is 12.1 Å². The van der Waals surface area contributed by atoms with E-state index in [4.69, 9.17) is 15.3 Å². The summed E-state index contributed by atoms with van der Waals surface area (Å²) in [5.41, 5.74) is 2.70. The molecule has 0 bridgehead atoms. The summed E-state index contributed by atoms with van der Waals surface area (Å²) in [6, 6.07) is 5.00. The van der Waals surface area contributed by atoms with Crippen LogP contribution in [0.5, 0.6) is 0 Å². The number of ether oxygens (including phenoxy) is 2. The molecule has 1 saturated heterocycles. The van der Waals surface area contributed by atoms with Crippen molar-refractivity contribution in [2.75, 3.05) is 31.8 Å². The van der Waals surface area contributed by atoms with E-state index in [1.54, 1.807) is 18.2 Å². The second kappa shape index (κ2) is 6.29. The van der Waals surface area contributed by atoms with Crippen LogP contribution in [0.3, 0.4) is 0 Å². The van der Waals surface area contributed by atoms with Gasteiger partial charge in [0.2, 0.25) is 0 Å². The molecule has 1 fully saturated rings. The van der Waals surface area contributed by atoms with Gasteiger partial charge in [0.1, 0.15) is 11.5 Å². The first-order valence-corrected chi connectivity index (χ1v) is 5.71. The zero-order chi connectivity index (χ0) is 12.8. The number of pyridine rings is 1. The second-order valence-electron chi connectivity index (χ2n) is 3.83. The summed E-state index contributed by atoms with van der Waals surface area (Å²) < 4.78 is 10.7. The zero-order valence-electron chi connectivity index (χ0n) is 9.89. The van der Waals surface area contributed by atoms with Crippen LogP contribution >= 0.6 is 0 Å². The number of hydrazine groups is 1. The van der Waals surface area contributed by atoms with E-state index >= 15 is 0 Å². The van der Waals surface area contributed by atoms with Gasteiger partial charge in [0.05, 0.1) is 25.9 Å². The van der Waals surface area contributed by atoms with Crippen molar-refractivity contribution in [3.05, 3.63) is 23.9 Å². The highest BCUT2D eigenvalue weighted by atomic mass is 16.6. The number of nitrogens with one attached hydrogen (secondary N) is 2. The molecule has 0 aromatic carbocycles. The lowest BCUT2D eigenvalue weighted by atomic mass is 10.3. The van der Waals surface area contributed by atoms with Gasteiger partial charge < -0.3 is 20.2 Å². The van der Waals surface area contributed by atoms with Crippen molar-refractivity contribution in [1.29, 1.82) is 0 Å². The second-order valence-corrected chi connectivity index (χ2v) is 3.83. The first-order chi connectivity index (χ1) is 8.79. The summed E-state index contributed by atoms with van der Waals surface area (Å²) in [5, 5.41) is 2.74. The first-order valence-electron chi connectivity index (χ1n) is 5.71. The molecule has 1 aliphatic heterocycles. The average molecular weight is 252 g/mol. The van der Waals surface area contributed by atoms with Gasteiger partial charge in [-0.15, -0.1) is 0 Å². The molecule has 1 unspecified atom stereocenters. The molecule has 1 aromatic rings. The predicted molar refractivity (Wildman–Crippen MR) is 64.9 cm³/mol. The molecule has 7 nitrogen and oxygen atoms in total. The number of rotatable bonds is 4. The summed E-state index contributed by atoms with van der Waals surface area (Å²) in [4.78, 5) is 15.9. The van der Waals surface area contributed by atoms with Crippen LogP contribution in [0.15, 0.2) is 18.2 Å². The number of nitrogens with two attached hydrogens (primary N) is 1. The summed E-state index contributed by atoms with van der Waals surface area (Å²) in [7, 11) is 0. The van der Waals surface area contributed by atoms with Crippen LogP contribution in [0.25, 0.3) is 0 Å². The molecule has 18 heavy (non-hydrogen) atoms. The van der Waals surface area contributed by atoms with Gasteiger partial charge in [-0.2, -0.15) is 0 Å². The highest BCUT2D eigenvalue weighted by molar-refractivity contribution is 5.92. The zero-order valence-corrected chi connectivity index (χ0v) is 9.89. The standard InChI is InChI=1S/C11H16N4O3/c12-15-10-3-1-2-9(14-10)11(16)13-6-8-7-17-4-5-18-8/h1-3,8H,4-7,12H2,(H,13,16)(H,14,15).